The number of likely N-dealkylation sites (N-methyl/N-ethyl adjacent to an activating group) is 1. The molecule has 0 bridgehead atoms. The van der Waals surface area contributed by atoms with Crippen molar-refractivity contribution in [1.29, 1.82) is 0 Å². The molecule has 0 aromatic heterocycles. The van der Waals surface area contributed by atoms with E-state index in [-0.39, 0.29) is 24.3 Å². The number of rotatable bonds is 4. The van der Waals surface area contributed by atoms with Crippen LogP contribution in [0.15, 0.2) is 18.2 Å². The average molecular weight is 441 g/mol. The fourth-order valence-electron chi connectivity index (χ4n) is 5.25. The third kappa shape index (κ3) is 4.41. The summed E-state index contributed by atoms with van der Waals surface area (Å²) in [4.78, 5) is 54.4. The summed E-state index contributed by atoms with van der Waals surface area (Å²) in [5.41, 5.74) is 2.00. The smallest absolute Gasteiger partial charge is 0.255 e. The number of carbonyl (C=O) groups is 4. The number of nitrogens with one attached hydrogen (secondary N) is 1. The lowest BCUT2D eigenvalue weighted by atomic mass is 9.71. The lowest BCUT2D eigenvalue weighted by Gasteiger charge is -2.47. The first-order valence-electron chi connectivity index (χ1n) is 11.5. The van der Waals surface area contributed by atoms with Crippen molar-refractivity contribution in [2.75, 3.05) is 45.2 Å². The number of imide groups is 1. The largest absolute Gasteiger partial charge is 0.371 e. The van der Waals surface area contributed by atoms with Gasteiger partial charge in [-0.25, -0.2) is 0 Å². The Kier molecular flexibility index (Phi) is 6.33. The molecule has 0 saturated carbocycles. The highest BCUT2D eigenvalue weighted by Gasteiger charge is 2.37. The number of amides is 3. The van der Waals surface area contributed by atoms with Crippen molar-refractivity contribution in [3.8, 4) is 0 Å². The monoisotopic (exact) mass is 440 g/mol. The molecule has 3 aliphatic heterocycles. The summed E-state index contributed by atoms with van der Waals surface area (Å²) in [6.45, 7) is 4.22. The maximum atomic E-state index is 13.1. The Bertz CT molecular complexity index is 913. The molecule has 3 aliphatic rings. The Hall–Kier alpha value is -2.74. The van der Waals surface area contributed by atoms with Gasteiger partial charge in [0.2, 0.25) is 11.8 Å². The van der Waals surface area contributed by atoms with Gasteiger partial charge in [0.05, 0.1) is 5.56 Å². The Morgan fingerprint density at radius 1 is 1.12 bits per heavy atom. The van der Waals surface area contributed by atoms with Crippen molar-refractivity contribution in [2.45, 2.75) is 44.6 Å². The second kappa shape index (κ2) is 9.02. The molecule has 0 radical (unpaired) electrons. The van der Waals surface area contributed by atoms with Gasteiger partial charge in [-0.15, -0.1) is 0 Å². The summed E-state index contributed by atoms with van der Waals surface area (Å²) in [5, 5.41) is 2.27. The van der Waals surface area contributed by atoms with Gasteiger partial charge in [0.1, 0.15) is 6.04 Å². The third-order valence-electron chi connectivity index (χ3n) is 7.63. The van der Waals surface area contributed by atoms with E-state index in [1.54, 1.807) is 12.1 Å². The number of aldehydes is 1. The fraction of sp³-hybridized carbons (Fsp3) is 0.583. The molecule has 1 spiro atoms. The summed E-state index contributed by atoms with van der Waals surface area (Å²) < 4.78 is 0. The minimum atomic E-state index is -0.716. The summed E-state index contributed by atoms with van der Waals surface area (Å²) in [6.07, 6.45) is 5.98. The highest BCUT2D eigenvalue weighted by molar-refractivity contribution is 6.06. The van der Waals surface area contributed by atoms with E-state index in [1.807, 2.05) is 6.07 Å². The van der Waals surface area contributed by atoms with Crippen LogP contribution in [-0.2, 0) is 9.59 Å². The van der Waals surface area contributed by atoms with E-state index >= 15 is 0 Å². The Morgan fingerprint density at radius 2 is 1.78 bits per heavy atom. The number of nitrogens with zero attached hydrogens (tertiary/aromatic N) is 3. The second-order valence-corrected chi connectivity index (χ2v) is 9.56. The molecule has 32 heavy (non-hydrogen) atoms. The van der Waals surface area contributed by atoms with Crippen LogP contribution in [0.25, 0.3) is 0 Å². The predicted octanol–water partition coefficient (Wildman–Crippen LogP) is 1.69. The van der Waals surface area contributed by atoms with Crippen molar-refractivity contribution in [1.82, 2.24) is 15.1 Å². The lowest BCUT2D eigenvalue weighted by Crippen LogP contribution is -2.53. The van der Waals surface area contributed by atoms with Crippen molar-refractivity contribution < 1.29 is 19.2 Å². The van der Waals surface area contributed by atoms with Gasteiger partial charge < -0.3 is 14.7 Å². The first-order chi connectivity index (χ1) is 15.3. The van der Waals surface area contributed by atoms with Gasteiger partial charge in [0.25, 0.3) is 5.91 Å². The number of piperidine rings is 3. The SMILES string of the molecule is CN1CCC2(CC1)CCN(c1ccc(C(=O)N(C)C3CCC(=O)NC3=O)c(C=O)c1)CC2. The van der Waals surface area contributed by atoms with E-state index in [9.17, 15) is 19.2 Å². The zero-order valence-corrected chi connectivity index (χ0v) is 18.9. The van der Waals surface area contributed by atoms with E-state index in [2.05, 4.69) is 22.2 Å². The van der Waals surface area contributed by atoms with Crippen molar-refractivity contribution in [3.63, 3.8) is 0 Å². The van der Waals surface area contributed by atoms with Gasteiger partial charge in [0, 0.05) is 37.8 Å². The minimum Gasteiger partial charge on any atom is -0.371 e. The number of carbonyl (C=O) groups excluding carboxylic acids is 4. The Labute approximate surface area is 188 Å². The van der Waals surface area contributed by atoms with Crippen LogP contribution in [0.5, 0.6) is 0 Å². The molecule has 3 amide bonds. The average Bonchev–Trinajstić information content (AvgIpc) is 2.80. The third-order valence-corrected chi connectivity index (χ3v) is 7.63. The summed E-state index contributed by atoms with van der Waals surface area (Å²) in [7, 11) is 3.72. The van der Waals surface area contributed by atoms with Crippen LogP contribution in [0.3, 0.4) is 0 Å². The van der Waals surface area contributed by atoms with Crippen LogP contribution in [0.4, 0.5) is 5.69 Å². The second-order valence-electron chi connectivity index (χ2n) is 9.56. The van der Waals surface area contributed by atoms with Crippen LogP contribution in [-0.4, -0.2) is 80.1 Å². The van der Waals surface area contributed by atoms with Crippen LogP contribution >= 0.6 is 0 Å². The van der Waals surface area contributed by atoms with Crippen molar-refractivity contribution in [2.24, 2.45) is 5.41 Å². The molecule has 8 nitrogen and oxygen atoms in total. The maximum Gasteiger partial charge on any atom is 0.255 e. The molecule has 8 heteroatoms. The first-order valence-corrected chi connectivity index (χ1v) is 11.5. The first kappa shape index (κ1) is 22.5. The van der Waals surface area contributed by atoms with Gasteiger partial charge >= 0.3 is 0 Å². The fourth-order valence-corrected chi connectivity index (χ4v) is 5.25. The van der Waals surface area contributed by atoms with Gasteiger partial charge in [-0.1, -0.05) is 0 Å². The molecular formula is C24H32N4O4. The number of hydrogen-bond acceptors (Lipinski definition) is 6. The molecule has 172 valence electrons. The van der Waals surface area contributed by atoms with E-state index in [0.717, 1.165) is 44.7 Å². The topological polar surface area (TPSA) is 90.0 Å². The molecule has 3 heterocycles. The zero-order valence-electron chi connectivity index (χ0n) is 18.9. The summed E-state index contributed by atoms with van der Waals surface area (Å²) in [5.74, 6) is -1.19. The van der Waals surface area contributed by atoms with E-state index < -0.39 is 17.9 Å². The molecule has 3 fully saturated rings. The normalized spacial score (nSPS) is 23.7. The van der Waals surface area contributed by atoms with Gasteiger partial charge in [0.15, 0.2) is 6.29 Å². The number of anilines is 1. The zero-order chi connectivity index (χ0) is 22.9. The van der Waals surface area contributed by atoms with Crippen LogP contribution in [0, 0.1) is 5.41 Å². The van der Waals surface area contributed by atoms with Gasteiger partial charge in [-0.2, -0.15) is 0 Å². The molecule has 1 N–H and O–H groups in total. The van der Waals surface area contributed by atoms with Crippen molar-refractivity contribution >= 4 is 29.7 Å². The van der Waals surface area contributed by atoms with Gasteiger partial charge in [-0.3, -0.25) is 24.5 Å². The molecule has 1 aromatic carbocycles. The van der Waals surface area contributed by atoms with Crippen LogP contribution < -0.4 is 10.2 Å². The number of hydrogen-bond donors (Lipinski definition) is 1. The van der Waals surface area contributed by atoms with E-state index in [1.165, 1.54) is 24.8 Å². The Morgan fingerprint density at radius 3 is 2.41 bits per heavy atom. The molecule has 1 aromatic rings. The summed E-state index contributed by atoms with van der Waals surface area (Å²) in [6, 6.07) is 4.65. The molecule has 0 aliphatic carbocycles. The Balaban J connectivity index is 1.45. The maximum absolute atomic E-state index is 13.1. The standard InChI is InChI=1S/C24H32N4O4/c1-26-11-7-24(8-12-26)9-13-28(14-10-24)18-3-4-19(17(15-18)16-29)23(32)27(2)20-5-6-21(30)25-22(20)31/h3-4,15-16,20H,5-14H2,1-2H3,(H,25,30,31). The summed E-state index contributed by atoms with van der Waals surface area (Å²) >= 11 is 0. The van der Waals surface area contributed by atoms with Crippen LogP contribution in [0.1, 0.15) is 59.2 Å². The van der Waals surface area contributed by atoms with E-state index in [0.29, 0.717) is 17.3 Å². The molecule has 1 unspecified atom stereocenters. The quantitative estimate of drug-likeness (QED) is 0.566. The van der Waals surface area contributed by atoms with E-state index in [4.69, 9.17) is 0 Å². The predicted molar refractivity (Wildman–Crippen MR) is 121 cm³/mol. The number of benzene rings is 1. The molecule has 4 rings (SSSR count). The molecular weight excluding hydrogens is 408 g/mol. The van der Waals surface area contributed by atoms with Gasteiger partial charge in [-0.05, 0) is 75.9 Å². The molecule has 1 atom stereocenters. The lowest BCUT2D eigenvalue weighted by molar-refractivity contribution is -0.136. The highest BCUT2D eigenvalue weighted by Crippen LogP contribution is 2.42. The van der Waals surface area contributed by atoms with Crippen molar-refractivity contribution in [3.05, 3.63) is 29.3 Å². The molecule has 3 saturated heterocycles. The van der Waals surface area contributed by atoms with Crippen LogP contribution in [0.2, 0.25) is 0 Å². The highest BCUT2D eigenvalue weighted by atomic mass is 16.2. The minimum absolute atomic E-state index is 0.195. The number of likely N-dealkylation sites (tertiary alicyclic amines) is 1.